The van der Waals surface area contributed by atoms with E-state index in [0.717, 1.165) is 24.5 Å². The van der Waals surface area contributed by atoms with E-state index in [1.807, 2.05) is 18.2 Å². The first kappa shape index (κ1) is 15.0. The van der Waals surface area contributed by atoms with E-state index in [1.165, 1.54) is 12.6 Å². The monoisotopic (exact) mass is 320 g/mol. The SMILES string of the molecule is CNC(=O)c1noc(CN2CCC(c3cccc(Cl)c3)C2)n1. The van der Waals surface area contributed by atoms with Gasteiger partial charge in [-0.3, -0.25) is 9.69 Å². The number of hydrogen-bond donors (Lipinski definition) is 1. The molecule has 1 aliphatic heterocycles. The number of likely N-dealkylation sites (tertiary alicyclic amines) is 1. The van der Waals surface area contributed by atoms with E-state index in [9.17, 15) is 4.79 Å². The van der Waals surface area contributed by atoms with Crippen LogP contribution in [0.4, 0.5) is 0 Å². The fourth-order valence-corrected chi connectivity index (χ4v) is 2.92. The molecule has 116 valence electrons. The molecule has 22 heavy (non-hydrogen) atoms. The van der Waals surface area contributed by atoms with Gasteiger partial charge in [-0.05, 0) is 36.6 Å². The highest BCUT2D eigenvalue weighted by Gasteiger charge is 2.25. The molecule has 6 nitrogen and oxygen atoms in total. The van der Waals surface area contributed by atoms with Crippen LogP contribution in [-0.2, 0) is 6.54 Å². The Hall–Kier alpha value is -1.92. The minimum absolute atomic E-state index is 0.0723. The van der Waals surface area contributed by atoms with Gasteiger partial charge in [0.1, 0.15) is 0 Å². The molecule has 0 aliphatic carbocycles. The van der Waals surface area contributed by atoms with E-state index >= 15 is 0 Å². The first-order valence-corrected chi connectivity index (χ1v) is 7.56. The molecule has 0 bridgehead atoms. The summed E-state index contributed by atoms with van der Waals surface area (Å²) in [6.07, 6.45) is 1.07. The summed E-state index contributed by atoms with van der Waals surface area (Å²) in [5, 5.41) is 6.91. The molecule has 0 saturated carbocycles. The summed E-state index contributed by atoms with van der Waals surface area (Å²) in [5.41, 5.74) is 1.26. The largest absolute Gasteiger partial charge is 0.352 e. The van der Waals surface area contributed by atoms with Crippen LogP contribution in [0.1, 0.15) is 34.4 Å². The molecule has 1 atom stereocenters. The minimum atomic E-state index is -0.340. The highest BCUT2D eigenvalue weighted by Crippen LogP contribution is 2.29. The summed E-state index contributed by atoms with van der Waals surface area (Å²) in [5.74, 6) is 0.654. The summed E-state index contributed by atoms with van der Waals surface area (Å²) in [6, 6.07) is 7.99. The molecule has 1 aromatic carbocycles. The van der Waals surface area contributed by atoms with Gasteiger partial charge in [-0.2, -0.15) is 4.98 Å². The number of benzene rings is 1. The van der Waals surface area contributed by atoms with Crippen molar-refractivity contribution in [2.75, 3.05) is 20.1 Å². The van der Waals surface area contributed by atoms with Crippen molar-refractivity contribution in [2.24, 2.45) is 0 Å². The second-order valence-electron chi connectivity index (χ2n) is 5.37. The summed E-state index contributed by atoms with van der Waals surface area (Å²) >= 11 is 6.05. The highest BCUT2D eigenvalue weighted by molar-refractivity contribution is 6.30. The summed E-state index contributed by atoms with van der Waals surface area (Å²) < 4.78 is 5.12. The van der Waals surface area contributed by atoms with Gasteiger partial charge >= 0.3 is 0 Å². The van der Waals surface area contributed by atoms with Crippen LogP contribution in [0.2, 0.25) is 5.02 Å². The topological polar surface area (TPSA) is 71.3 Å². The number of hydrogen-bond acceptors (Lipinski definition) is 5. The Labute approximate surface area is 133 Å². The van der Waals surface area contributed by atoms with Gasteiger partial charge in [0.25, 0.3) is 11.7 Å². The van der Waals surface area contributed by atoms with Crippen LogP contribution in [0.25, 0.3) is 0 Å². The molecule has 1 aliphatic rings. The maximum absolute atomic E-state index is 11.4. The van der Waals surface area contributed by atoms with Crippen LogP contribution in [0.3, 0.4) is 0 Å². The lowest BCUT2D eigenvalue weighted by Crippen LogP contribution is -2.21. The third-order valence-electron chi connectivity index (χ3n) is 3.85. The molecule has 0 radical (unpaired) electrons. The molecule has 1 N–H and O–H groups in total. The van der Waals surface area contributed by atoms with E-state index in [1.54, 1.807) is 0 Å². The number of halogens is 1. The van der Waals surface area contributed by atoms with Crippen LogP contribution in [0, 0.1) is 0 Å². The molecular formula is C15H17ClN4O2. The molecule has 7 heteroatoms. The molecule has 1 unspecified atom stereocenters. The zero-order chi connectivity index (χ0) is 15.5. The Morgan fingerprint density at radius 1 is 1.55 bits per heavy atom. The van der Waals surface area contributed by atoms with Gasteiger partial charge in [0.2, 0.25) is 5.89 Å². The zero-order valence-corrected chi connectivity index (χ0v) is 13.0. The van der Waals surface area contributed by atoms with Crippen molar-refractivity contribution in [1.29, 1.82) is 0 Å². The Bertz CT molecular complexity index is 673. The van der Waals surface area contributed by atoms with E-state index in [0.29, 0.717) is 18.4 Å². The quantitative estimate of drug-likeness (QED) is 0.933. The Balaban J connectivity index is 1.61. The van der Waals surface area contributed by atoms with Crippen molar-refractivity contribution >= 4 is 17.5 Å². The second-order valence-corrected chi connectivity index (χ2v) is 5.80. The molecule has 1 aromatic heterocycles. The lowest BCUT2D eigenvalue weighted by Gasteiger charge is -2.13. The first-order chi connectivity index (χ1) is 10.7. The van der Waals surface area contributed by atoms with Crippen LogP contribution in [0.15, 0.2) is 28.8 Å². The highest BCUT2D eigenvalue weighted by atomic mass is 35.5. The van der Waals surface area contributed by atoms with Crippen molar-refractivity contribution in [3.63, 3.8) is 0 Å². The lowest BCUT2D eigenvalue weighted by atomic mass is 9.99. The average Bonchev–Trinajstić information content (AvgIpc) is 3.16. The Morgan fingerprint density at radius 2 is 2.41 bits per heavy atom. The van der Waals surface area contributed by atoms with Crippen molar-refractivity contribution in [2.45, 2.75) is 18.9 Å². The fourth-order valence-electron chi connectivity index (χ4n) is 2.72. The minimum Gasteiger partial charge on any atom is -0.352 e. The normalized spacial score (nSPS) is 18.5. The number of rotatable bonds is 4. The van der Waals surface area contributed by atoms with Gasteiger partial charge in [0.15, 0.2) is 0 Å². The van der Waals surface area contributed by atoms with Gasteiger partial charge in [0, 0.05) is 18.6 Å². The molecule has 3 rings (SSSR count). The smallest absolute Gasteiger partial charge is 0.292 e. The maximum atomic E-state index is 11.4. The van der Waals surface area contributed by atoms with Crippen molar-refractivity contribution < 1.29 is 9.32 Å². The van der Waals surface area contributed by atoms with Gasteiger partial charge in [0.05, 0.1) is 6.54 Å². The van der Waals surface area contributed by atoms with Crippen LogP contribution in [-0.4, -0.2) is 41.1 Å². The lowest BCUT2D eigenvalue weighted by molar-refractivity contribution is 0.0950. The van der Waals surface area contributed by atoms with Crippen LogP contribution >= 0.6 is 11.6 Å². The summed E-state index contributed by atoms with van der Waals surface area (Å²) in [6.45, 7) is 2.42. The average molecular weight is 321 g/mol. The van der Waals surface area contributed by atoms with E-state index in [2.05, 4.69) is 26.4 Å². The van der Waals surface area contributed by atoms with Crippen LogP contribution in [0.5, 0.6) is 0 Å². The predicted octanol–water partition coefficient (Wildman–Crippen LogP) is 2.07. The van der Waals surface area contributed by atoms with Gasteiger partial charge in [-0.15, -0.1) is 0 Å². The van der Waals surface area contributed by atoms with Crippen molar-refractivity contribution in [1.82, 2.24) is 20.4 Å². The second kappa shape index (κ2) is 6.46. The van der Waals surface area contributed by atoms with Crippen molar-refractivity contribution in [3.05, 3.63) is 46.6 Å². The maximum Gasteiger partial charge on any atom is 0.292 e. The summed E-state index contributed by atoms with van der Waals surface area (Å²) in [4.78, 5) is 17.8. The fraction of sp³-hybridized carbons (Fsp3) is 0.400. The number of carbonyl (C=O) groups excluding carboxylic acids is 1. The number of aromatic nitrogens is 2. The van der Waals surface area contributed by atoms with Crippen molar-refractivity contribution in [3.8, 4) is 0 Å². The zero-order valence-electron chi connectivity index (χ0n) is 12.3. The van der Waals surface area contributed by atoms with E-state index < -0.39 is 0 Å². The molecule has 2 heterocycles. The number of nitrogens with zero attached hydrogens (tertiary/aromatic N) is 3. The molecule has 1 saturated heterocycles. The van der Waals surface area contributed by atoms with Gasteiger partial charge < -0.3 is 9.84 Å². The van der Waals surface area contributed by atoms with Gasteiger partial charge in [-0.25, -0.2) is 0 Å². The number of carbonyl (C=O) groups is 1. The third-order valence-corrected chi connectivity index (χ3v) is 4.08. The Kier molecular flexibility index (Phi) is 4.40. The van der Waals surface area contributed by atoms with E-state index in [-0.39, 0.29) is 11.7 Å². The predicted molar refractivity (Wildman–Crippen MR) is 81.8 cm³/mol. The Morgan fingerprint density at radius 3 is 3.18 bits per heavy atom. The molecule has 0 spiro atoms. The van der Waals surface area contributed by atoms with E-state index in [4.69, 9.17) is 16.1 Å². The van der Waals surface area contributed by atoms with Crippen LogP contribution < -0.4 is 5.32 Å². The standard InChI is InChI=1S/C15H17ClN4O2/c1-17-15(21)14-18-13(22-19-14)9-20-6-5-11(8-20)10-3-2-4-12(16)7-10/h2-4,7,11H,5-6,8-9H2,1H3,(H,17,21). The number of amides is 1. The molecular weight excluding hydrogens is 304 g/mol. The third kappa shape index (κ3) is 3.28. The molecule has 1 fully saturated rings. The summed E-state index contributed by atoms with van der Waals surface area (Å²) in [7, 11) is 1.54. The molecule has 2 aromatic rings. The molecule has 1 amide bonds. The number of nitrogens with one attached hydrogen (secondary N) is 1. The first-order valence-electron chi connectivity index (χ1n) is 7.18. The van der Waals surface area contributed by atoms with Gasteiger partial charge in [-0.1, -0.05) is 28.9 Å².